The van der Waals surface area contributed by atoms with Crippen LogP contribution in [0.5, 0.6) is 5.75 Å². The van der Waals surface area contributed by atoms with Crippen LogP contribution in [0.4, 0.5) is 0 Å². The minimum atomic E-state index is -3.77. The summed E-state index contributed by atoms with van der Waals surface area (Å²) < 4.78 is 32.4. The molecule has 0 aliphatic rings. The number of aromatic nitrogens is 1. The van der Waals surface area contributed by atoms with E-state index in [1.54, 1.807) is 38.4 Å². The Morgan fingerprint density at radius 1 is 1.19 bits per heavy atom. The number of hydrogen-bond acceptors (Lipinski definition) is 5. The molecule has 0 saturated carbocycles. The molecular weight excluding hydrogens is 390 g/mol. The summed E-state index contributed by atoms with van der Waals surface area (Å²) in [6.07, 6.45) is 3.27. The van der Waals surface area contributed by atoms with Gasteiger partial charge in [0.15, 0.2) is 6.61 Å². The summed E-state index contributed by atoms with van der Waals surface area (Å²) in [6, 6.07) is 7.88. The summed E-state index contributed by atoms with van der Waals surface area (Å²) in [4.78, 5) is 15.9. The van der Waals surface area contributed by atoms with Crippen LogP contribution in [0.25, 0.3) is 0 Å². The average Bonchev–Trinajstić information content (AvgIpc) is 2.67. The van der Waals surface area contributed by atoms with E-state index in [4.69, 9.17) is 16.3 Å². The van der Waals surface area contributed by atoms with Crippen molar-refractivity contribution in [3.8, 4) is 5.75 Å². The maximum atomic E-state index is 12.8. The minimum absolute atomic E-state index is 0.0550. The third-order valence-electron chi connectivity index (χ3n) is 3.83. The van der Waals surface area contributed by atoms with Gasteiger partial charge in [0.25, 0.3) is 5.91 Å². The van der Waals surface area contributed by atoms with Crippen LogP contribution in [0.3, 0.4) is 0 Å². The molecule has 1 aromatic carbocycles. The monoisotopic (exact) mass is 411 g/mol. The van der Waals surface area contributed by atoms with Gasteiger partial charge in [0, 0.05) is 37.1 Å². The first kappa shape index (κ1) is 21.1. The Balaban J connectivity index is 2.09. The SMILES string of the molecule is CCN(CC)S(=O)(=O)c1cc(Cl)ccc1OCC(=O)NCc1ccncc1. The Bertz CT molecular complexity index is 871. The molecule has 0 spiro atoms. The topological polar surface area (TPSA) is 88.6 Å². The van der Waals surface area contributed by atoms with Crippen LogP contribution in [-0.4, -0.2) is 43.3 Å². The molecule has 0 unspecified atom stereocenters. The summed E-state index contributed by atoms with van der Waals surface area (Å²) in [5, 5.41) is 2.98. The van der Waals surface area contributed by atoms with Crippen molar-refractivity contribution in [3.05, 3.63) is 53.3 Å². The summed E-state index contributed by atoms with van der Waals surface area (Å²) in [6.45, 7) is 4.15. The van der Waals surface area contributed by atoms with E-state index in [2.05, 4.69) is 10.3 Å². The Morgan fingerprint density at radius 3 is 2.48 bits per heavy atom. The molecule has 2 aromatic rings. The summed E-state index contributed by atoms with van der Waals surface area (Å²) in [5.74, 6) is -0.279. The second kappa shape index (κ2) is 9.68. The molecule has 0 saturated heterocycles. The van der Waals surface area contributed by atoms with Crippen LogP contribution in [0.1, 0.15) is 19.4 Å². The zero-order valence-electron chi connectivity index (χ0n) is 15.2. The molecule has 1 heterocycles. The quantitative estimate of drug-likeness (QED) is 0.684. The number of sulfonamides is 1. The van der Waals surface area contributed by atoms with Crippen molar-refractivity contribution in [1.29, 1.82) is 0 Å². The van der Waals surface area contributed by atoms with E-state index < -0.39 is 10.0 Å². The second-order valence-corrected chi connectivity index (χ2v) is 7.94. The van der Waals surface area contributed by atoms with Crippen LogP contribution in [-0.2, 0) is 21.4 Å². The maximum absolute atomic E-state index is 12.8. The number of ether oxygens (including phenoxy) is 1. The molecule has 0 radical (unpaired) electrons. The van der Waals surface area contributed by atoms with Crippen LogP contribution >= 0.6 is 11.6 Å². The summed E-state index contributed by atoms with van der Waals surface area (Å²) in [5.41, 5.74) is 0.898. The number of carbonyl (C=O) groups is 1. The summed E-state index contributed by atoms with van der Waals surface area (Å²) >= 11 is 5.97. The lowest BCUT2D eigenvalue weighted by molar-refractivity contribution is -0.123. The van der Waals surface area contributed by atoms with Crippen molar-refractivity contribution in [1.82, 2.24) is 14.6 Å². The van der Waals surface area contributed by atoms with E-state index in [0.717, 1.165) is 5.56 Å². The molecule has 7 nitrogen and oxygen atoms in total. The standard InChI is InChI=1S/C18H22ClN3O4S/c1-3-22(4-2)27(24,25)17-11-15(19)5-6-16(17)26-13-18(23)21-12-14-7-9-20-10-8-14/h5-11H,3-4,12-13H2,1-2H3,(H,21,23). The fourth-order valence-electron chi connectivity index (χ4n) is 2.40. The number of benzene rings is 1. The molecule has 0 bridgehead atoms. The molecule has 0 atom stereocenters. The Labute approximate surface area is 164 Å². The lowest BCUT2D eigenvalue weighted by Crippen LogP contribution is -2.32. The largest absolute Gasteiger partial charge is 0.482 e. The molecule has 9 heteroatoms. The van der Waals surface area contributed by atoms with Crippen molar-refractivity contribution in [3.63, 3.8) is 0 Å². The first-order valence-corrected chi connectivity index (χ1v) is 10.3. The van der Waals surface area contributed by atoms with Gasteiger partial charge in [-0.15, -0.1) is 0 Å². The van der Waals surface area contributed by atoms with Gasteiger partial charge in [-0.25, -0.2) is 8.42 Å². The fraction of sp³-hybridized carbons (Fsp3) is 0.333. The lowest BCUT2D eigenvalue weighted by atomic mass is 10.3. The summed E-state index contributed by atoms with van der Waals surface area (Å²) in [7, 11) is -3.77. The first-order chi connectivity index (χ1) is 12.9. The predicted octanol–water partition coefficient (Wildman–Crippen LogP) is 2.46. The number of nitrogens with zero attached hydrogens (tertiary/aromatic N) is 2. The smallest absolute Gasteiger partial charge is 0.258 e. The fourth-order valence-corrected chi connectivity index (χ4v) is 4.25. The highest BCUT2D eigenvalue weighted by molar-refractivity contribution is 7.89. The molecule has 2 rings (SSSR count). The second-order valence-electron chi connectivity index (χ2n) is 5.60. The van der Waals surface area contributed by atoms with Gasteiger partial charge in [0.2, 0.25) is 10.0 Å². The van der Waals surface area contributed by atoms with Crippen molar-refractivity contribution in [2.24, 2.45) is 0 Å². The highest BCUT2D eigenvalue weighted by Crippen LogP contribution is 2.29. The van der Waals surface area contributed by atoms with E-state index in [1.807, 2.05) is 0 Å². The van der Waals surface area contributed by atoms with Gasteiger partial charge in [-0.1, -0.05) is 25.4 Å². The van der Waals surface area contributed by atoms with Crippen molar-refractivity contribution >= 4 is 27.5 Å². The van der Waals surface area contributed by atoms with Gasteiger partial charge in [-0.05, 0) is 35.9 Å². The third kappa shape index (κ3) is 5.66. The van der Waals surface area contributed by atoms with E-state index in [1.165, 1.54) is 22.5 Å². The number of hydrogen-bond donors (Lipinski definition) is 1. The van der Waals surface area contributed by atoms with E-state index in [-0.39, 0.29) is 28.2 Å². The lowest BCUT2D eigenvalue weighted by Gasteiger charge is -2.20. The highest BCUT2D eigenvalue weighted by Gasteiger charge is 2.26. The molecule has 0 aliphatic carbocycles. The molecule has 1 N–H and O–H groups in total. The van der Waals surface area contributed by atoms with E-state index in [9.17, 15) is 13.2 Å². The van der Waals surface area contributed by atoms with Gasteiger partial charge in [-0.2, -0.15) is 4.31 Å². The van der Waals surface area contributed by atoms with Crippen LogP contribution in [0.2, 0.25) is 5.02 Å². The van der Waals surface area contributed by atoms with Crippen LogP contribution < -0.4 is 10.1 Å². The van der Waals surface area contributed by atoms with Gasteiger partial charge in [-0.3, -0.25) is 9.78 Å². The zero-order valence-corrected chi connectivity index (χ0v) is 16.8. The Hall–Kier alpha value is -2.16. The van der Waals surface area contributed by atoms with E-state index in [0.29, 0.717) is 19.6 Å². The number of nitrogens with one attached hydrogen (secondary N) is 1. The van der Waals surface area contributed by atoms with Crippen molar-refractivity contribution in [2.45, 2.75) is 25.3 Å². The number of amides is 1. The number of pyridine rings is 1. The number of rotatable bonds is 9. The molecule has 1 aromatic heterocycles. The molecule has 146 valence electrons. The molecule has 0 fully saturated rings. The van der Waals surface area contributed by atoms with Gasteiger partial charge >= 0.3 is 0 Å². The first-order valence-electron chi connectivity index (χ1n) is 8.46. The molecule has 1 amide bonds. The van der Waals surface area contributed by atoms with Gasteiger partial charge in [0.05, 0.1) is 0 Å². The molecule has 0 aliphatic heterocycles. The predicted molar refractivity (Wildman–Crippen MR) is 103 cm³/mol. The molecule has 27 heavy (non-hydrogen) atoms. The Morgan fingerprint density at radius 2 is 1.85 bits per heavy atom. The Kier molecular flexibility index (Phi) is 7.58. The average molecular weight is 412 g/mol. The maximum Gasteiger partial charge on any atom is 0.258 e. The van der Waals surface area contributed by atoms with Crippen molar-refractivity contribution in [2.75, 3.05) is 19.7 Å². The van der Waals surface area contributed by atoms with Crippen LogP contribution in [0.15, 0.2) is 47.6 Å². The van der Waals surface area contributed by atoms with Crippen LogP contribution in [0, 0.1) is 0 Å². The third-order valence-corrected chi connectivity index (χ3v) is 6.13. The minimum Gasteiger partial charge on any atom is -0.482 e. The molecular formula is C18H22ClN3O4S. The van der Waals surface area contributed by atoms with E-state index >= 15 is 0 Å². The normalized spacial score (nSPS) is 11.4. The van der Waals surface area contributed by atoms with Crippen molar-refractivity contribution < 1.29 is 17.9 Å². The zero-order chi connectivity index (χ0) is 19.9. The highest BCUT2D eigenvalue weighted by atomic mass is 35.5. The van der Waals surface area contributed by atoms with Gasteiger partial charge < -0.3 is 10.1 Å². The van der Waals surface area contributed by atoms with Gasteiger partial charge in [0.1, 0.15) is 10.6 Å². The number of halogens is 1. The number of carbonyl (C=O) groups excluding carboxylic acids is 1.